The molecular formula is C15H22N2O3. The lowest BCUT2D eigenvalue weighted by atomic mass is 9.98. The third kappa shape index (κ3) is 3.29. The summed E-state index contributed by atoms with van der Waals surface area (Å²) in [4.78, 5) is 13.7. The van der Waals surface area contributed by atoms with Crippen LogP contribution in [0.4, 0.5) is 0 Å². The van der Waals surface area contributed by atoms with Crippen LogP contribution in [0.3, 0.4) is 0 Å². The second-order valence-corrected chi connectivity index (χ2v) is 5.49. The largest absolute Gasteiger partial charge is 0.493 e. The van der Waals surface area contributed by atoms with Crippen molar-refractivity contribution in [3.05, 3.63) is 29.3 Å². The highest BCUT2D eigenvalue weighted by atomic mass is 16.5. The highest BCUT2D eigenvalue weighted by Crippen LogP contribution is 2.34. The Hall–Kier alpha value is -1.59. The van der Waals surface area contributed by atoms with Crippen LogP contribution in [0.25, 0.3) is 0 Å². The summed E-state index contributed by atoms with van der Waals surface area (Å²) in [6.45, 7) is 2.75. The number of carbonyl (C=O) groups excluding carboxylic acids is 1. The maximum Gasteiger partial charge on any atom is 0.234 e. The van der Waals surface area contributed by atoms with Gasteiger partial charge in [0.15, 0.2) is 0 Å². The Kier molecular flexibility index (Phi) is 4.62. The summed E-state index contributed by atoms with van der Waals surface area (Å²) in [7, 11) is 3.68. The van der Waals surface area contributed by atoms with Gasteiger partial charge in [-0.15, -0.1) is 0 Å². The van der Waals surface area contributed by atoms with Gasteiger partial charge in [0, 0.05) is 12.0 Å². The molecule has 1 aliphatic heterocycles. The van der Waals surface area contributed by atoms with Crippen molar-refractivity contribution in [3.8, 4) is 5.75 Å². The molecule has 1 aromatic carbocycles. The fourth-order valence-electron chi connectivity index (χ4n) is 2.46. The molecule has 0 bridgehead atoms. The Labute approximate surface area is 119 Å². The Morgan fingerprint density at radius 3 is 2.95 bits per heavy atom. The van der Waals surface area contributed by atoms with Crippen LogP contribution in [-0.4, -0.2) is 49.2 Å². The van der Waals surface area contributed by atoms with Crippen molar-refractivity contribution in [2.24, 2.45) is 0 Å². The van der Waals surface area contributed by atoms with Gasteiger partial charge in [-0.3, -0.25) is 4.79 Å². The van der Waals surface area contributed by atoms with E-state index in [1.54, 1.807) is 4.90 Å². The van der Waals surface area contributed by atoms with Crippen molar-refractivity contribution in [1.29, 1.82) is 0 Å². The summed E-state index contributed by atoms with van der Waals surface area (Å²) < 4.78 is 5.72. The van der Waals surface area contributed by atoms with E-state index in [1.807, 2.05) is 39.2 Å². The molecule has 0 fully saturated rings. The second kappa shape index (κ2) is 6.24. The molecule has 5 nitrogen and oxygen atoms in total. The van der Waals surface area contributed by atoms with Crippen molar-refractivity contribution in [2.45, 2.75) is 25.5 Å². The molecule has 110 valence electrons. The highest BCUT2D eigenvalue weighted by Gasteiger charge is 2.28. The third-order valence-electron chi connectivity index (χ3n) is 3.42. The number of likely N-dealkylation sites (N-methyl/N-ethyl adjacent to an activating group) is 1. The lowest BCUT2D eigenvalue weighted by Crippen LogP contribution is -2.43. The predicted molar refractivity (Wildman–Crippen MR) is 76.7 cm³/mol. The molecule has 0 spiro atoms. The van der Waals surface area contributed by atoms with Crippen LogP contribution < -0.4 is 10.1 Å². The van der Waals surface area contributed by atoms with Crippen LogP contribution in [0, 0.1) is 6.92 Å². The molecule has 0 radical (unpaired) electrons. The normalized spacial score (nSPS) is 21.9. The highest BCUT2D eigenvalue weighted by molar-refractivity contribution is 5.78. The fraction of sp³-hybridized carbons (Fsp3) is 0.533. The van der Waals surface area contributed by atoms with E-state index in [0.29, 0.717) is 19.6 Å². The smallest absolute Gasteiger partial charge is 0.234 e. The molecule has 20 heavy (non-hydrogen) atoms. The van der Waals surface area contributed by atoms with E-state index >= 15 is 0 Å². The van der Waals surface area contributed by atoms with Gasteiger partial charge in [0.25, 0.3) is 0 Å². The van der Waals surface area contributed by atoms with E-state index in [1.165, 1.54) is 0 Å². The molecule has 2 rings (SSSR count). The van der Waals surface area contributed by atoms with E-state index in [4.69, 9.17) is 4.74 Å². The lowest BCUT2D eigenvalue weighted by molar-refractivity contribution is -0.123. The molecular weight excluding hydrogens is 256 g/mol. The molecule has 2 N–H and O–H groups in total. The van der Waals surface area contributed by atoms with Crippen molar-refractivity contribution in [1.82, 2.24) is 10.2 Å². The monoisotopic (exact) mass is 278 g/mol. The molecule has 2 atom stereocenters. The minimum Gasteiger partial charge on any atom is -0.493 e. The molecule has 0 aliphatic carbocycles. The number of nitrogens with zero attached hydrogens (tertiary/aromatic N) is 1. The number of ether oxygens (including phenoxy) is 1. The maximum atomic E-state index is 11.9. The number of hydrogen-bond donors (Lipinski definition) is 2. The first-order valence-corrected chi connectivity index (χ1v) is 6.83. The SMILES string of the molecule is Cc1cccc2c1OCCC(NC(=O)CN(C)C)C2O. The van der Waals surface area contributed by atoms with E-state index in [-0.39, 0.29) is 11.9 Å². The summed E-state index contributed by atoms with van der Waals surface area (Å²) in [5, 5.41) is 13.4. The first-order valence-electron chi connectivity index (χ1n) is 6.83. The van der Waals surface area contributed by atoms with Crippen LogP contribution in [0.1, 0.15) is 23.7 Å². The van der Waals surface area contributed by atoms with Crippen molar-refractivity contribution in [3.63, 3.8) is 0 Å². The van der Waals surface area contributed by atoms with Crippen molar-refractivity contribution < 1.29 is 14.6 Å². The molecule has 0 saturated carbocycles. The molecule has 1 aliphatic rings. The minimum atomic E-state index is -0.737. The second-order valence-electron chi connectivity index (χ2n) is 5.49. The number of rotatable bonds is 3. The van der Waals surface area contributed by atoms with E-state index < -0.39 is 6.10 Å². The Bertz CT molecular complexity index is 488. The average molecular weight is 278 g/mol. The molecule has 1 aromatic rings. The van der Waals surface area contributed by atoms with Crippen LogP contribution in [0.15, 0.2) is 18.2 Å². The van der Waals surface area contributed by atoms with Gasteiger partial charge in [0.1, 0.15) is 11.9 Å². The van der Waals surface area contributed by atoms with Crippen molar-refractivity contribution in [2.75, 3.05) is 27.2 Å². The van der Waals surface area contributed by atoms with Gasteiger partial charge < -0.3 is 20.1 Å². The predicted octanol–water partition coefficient (Wildman–Crippen LogP) is 0.857. The van der Waals surface area contributed by atoms with Gasteiger partial charge >= 0.3 is 0 Å². The fourth-order valence-corrected chi connectivity index (χ4v) is 2.46. The van der Waals surface area contributed by atoms with Gasteiger partial charge in [-0.1, -0.05) is 18.2 Å². The zero-order valence-corrected chi connectivity index (χ0v) is 12.2. The average Bonchev–Trinajstić information content (AvgIpc) is 2.51. The first-order chi connectivity index (χ1) is 9.49. The number of amides is 1. The number of fused-ring (bicyclic) bond motifs is 1. The molecule has 1 heterocycles. The van der Waals surface area contributed by atoms with Crippen molar-refractivity contribution >= 4 is 5.91 Å². The summed E-state index contributed by atoms with van der Waals surface area (Å²) in [5.41, 5.74) is 1.75. The topological polar surface area (TPSA) is 61.8 Å². The third-order valence-corrected chi connectivity index (χ3v) is 3.42. The first kappa shape index (κ1) is 14.8. The standard InChI is InChI=1S/C15H22N2O3/c1-10-5-4-6-11-14(19)12(7-8-20-15(10)11)16-13(18)9-17(2)3/h4-6,12,14,19H,7-9H2,1-3H3,(H,16,18). The number of carbonyl (C=O) groups is 1. The number of nitrogens with one attached hydrogen (secondary N) is 1. The number of benzene rings is 1. The number of aliphatic hydroxyl groups excluding tert-OH is 1. The molecule has 0 aromatic heterocycles. The summed E-state index contributed by atoms with van der Waals surface area (Å²) in [5.74, 6) is 0.652. The molecule has 0 saturated heterocycles. The van der Waals surface area contributed by atoms with Gasteiger partial charge in [0.2, 0.25) is 5.91 Å². The Morgan fingerprint density at radius 1 is 1.50 bits per heavy atom. The van der Waals surface area contributed by atoms with E-state index in [0.717, 1.165) is 16.9 Å². The Morgan fingerprint density at radius 2 is 2.25 bits per heavy atom. The molecule has 2 unspecified atom stereocenters. The quantitative estimate of drug-likeness (QED) is 0.861. The van der Waals surface area contributed by atoms with E-state index in [9.17, 15) is 9.90 Å². The van der Waals surface area contributed by atoms with Crippen LogP contribution in [-0.2, 0) is 4.79 Å². The zero-order chi connectivity index (χ0) is 14.7. The summed E-state index contributed by atoms with van der Waals surface area (Å²) in [6, 6.07) is 5.38. The van der Waals surface area contributed by atoms with Gasteiger partial charge in [-0.2, -0.15) is 0 Å². The van der Waals surface area contributed by atoms with Gasteiger partial charge in [-0.25, -0.2) is 0 Å². The van der Waals surface area contributed by atoms with Crippen LogP contribution in [0.2, 0.25) is 0 Å². The maximum absolute atomic E-state index is 11.9. The number of hydrogen-bond acceptors (Lipinski definition) is 4. The summed E-state index contributed by atoms with van der Waals surface area (Å²) in [6.07, 6.45) is -0.146. The van der Waals surface area contributed by atoms with Gasteiger partial charge in [0.05, 0.1) is 19.2 Å². The van der Waals surface area contributed by atoms with Crippen LogP contribution in [0.5, 0.6) is 5.75 Å². The Balaban J connectivity index is 2.15. The number of aliphatic hydroxyl groups is 1. The van der Waals surface area contributed by atoms with E-state index in [2.05, 4.69) is 5.32 Å². The number of aryl methyl sites for hydroxylation is 1. The molecule has 5 heteroatoms. The minimum absolute atomic E-state index is 0.0878. The zero-order valence-electron chi connectivity index (χ0n) is 12.2. The van der Waals surface area contributed by atoms with Crippen LogP contribution >= 0.6 is 0 Å². The lowest BCUT2D eigenvalue weighted by Gasteiger charge is -2.23. The summed E-state index contributed by atoms with van der Waals surface area (Å²) >= 11 is 0. The molecule has 1 amide bonds. The number of para-hydroxylation sites is 1. The van der Waals surface area contributed by atoms with Gasteiger partial charge in [-0.05, 0) is 26.6 Å².